The Hall–Kier alpha value is -2.29. The monoisotopic (exact) mass is 373 g/mol. The number of benzene rings is 2. The summed E-state index contributed by atoms with van der Waals surface area (Å²) in [6, 6.07) is 16.2. The lowest BCUT2D eigenvalue weighted by molar-refractivity contribution is 0.282. The van der Waals surface area contributed by atoms with Crippen molar-refractivity contribution in [2.75, 3.05) is 19.0 Å². The van der Waals surface area contributed by atoms with E-state index in [4.69, 9.17) is 16.6 Å². The number of hydrogen-bond acceptors (Lipinski definition) is 4. The van der Waals surface area contributed by atoms with Crippen LogP contribution in [0.2, 0.25) is 0 Å². The quantitative estimate of drug-likeness (QED) is 0.485. The third kappa shape index (κ3) is 11.3. The van der Waals surface area contributed by atoms with Crippen LogP contribution in [-0.2, 0) is 6.61 Å². The van der Waals surface area contributed by atoms with Gasteiger partial charge >= 0.3 is 0 Å². The highest BCUT2D eigenvalue weighted by atomic mass is 31.0. The first-order valence-corrected chi connectivity index (χ1v) is 9.55. The van der Waals surface area contributed by atoms with Gasteiger partial charge in [-0.05, 0) is 40.8 Å². The van der Waals surface area contributed by atoms with Gasteiger partial charge in [0.2, 0.25) is 0 Å². The van der Waals surface area contributed by atoms with Gasteiger partial charge in [-0.2, -0.15) is 0 Å². The zero-order valence-electron chi connectivity index (χ0n) is 15.9. The van der Waals surface area contributed by atoms with Crippen molar-refractivity contribution in [1.82, 2.24) is 0 Å². The molecule has 0 bridgehead atoms. The number of hydrogen-bond donors (Lipinski definition) is 4. The van der Waals surface area contributed by atoms with Gasteiger partial charge in [-0.1, -0.05) is 62.7 Å². The van der Waals surface area contributed by atoms with Crippen molar-refractivity contribution < 1.29 is 5.11 Å². The summed E-state index contributed by atoms with van der Waals surface area (Å²) in [5, 5.41) is 12.2. The second kappa shape index (κ2) is 13.9. The van der Waals surface area contributed by atoms with Gasteiger partial charge < -0.3 is 21.9 Å². The summed E-state index contributed by atoms with van der Waals surface area (Å²) in [5.74, 6) is 1.00. The number of aliphatic hydroxyl groups is 1. The molecule has 0 heterocycles. The van der Waals surface area contributed by atoms with Crippen LogP contribution in [0.5, 0.6) is 0 Å². The molecule has 1 aliphatic carbocycles. The van der Waals surface area contributed by atoms with Crippen LogP contribution in [0.3, 0.4) is 0 Å². The molecule has 2 aromatic carbocycles. The van der Waals surface area contributed by atoms with E-state index in [1.165, 1.54) is 0 Å². The van der Waals surface area contributed by atoms with Crippen molar-refractivity contribution >= 4 is 14.9 Å². The molecule has 26 heavy (non-hydrogen) atoms. The van der Waals surface area contributed by atoms with Gasteiger partial charge in [-0.15, -0.1) is 9.24 Å². The summed E-state index contributed by atoms with van der Waals surface area (Å²) in [5.41, 5.74) is 13.7. The van der Waals surface area contributed by atoms with E-state index < -0.39 is 0 Å². The smallest absolute Gasteiger partial charge is 0.0859 e. The molecule has 0 saturated heterocycles. The van der Waals surface area contributed by atoms with E-state index >= 15 is 0 Å². The molecule has 0 aromatic heterocycles. The first-order chi connectivity index (χ1) is 12.5. The molecule has 0 spiro atoms. The lowest BCUT2D eigenvalue weighted by Gasteiger charge is -2.06. The first kappa shape index (κ1) is 23.7. The molecule has 142 valence electrons. The van der Waals surface area contributed by atoms with E-state index in [9.17, 15) is 0 Å². The Bertz CT molecular complexity index is 631. The minimum Gasteiger partial charge on any atom is -0.392 e. The minimum atomic E-state index is 0.0829. The number of rotatable bonds is 3. The second-order valence-corrected chi connectivity index (χ2v) is 5.51. The van der Waals surface area contributed by atoms with Gasteiger partial charge in [0.25, 0.3) is 0 Å². The molecule has 1 aliphatic rings. The minimum absolute atomic E-state index is 0.0829. The highest BCUT2D eigenvalue weighted by molar-refractivity contribution is 7.15. The lowest BCUT2D eigenvalue weighted by atomic mass is 10.0. The Kier molecular flexibility index (Phi) is 12.7. The van der Waals surface area contributed by atoms with Crippen LogP contribution in [0.15, 0.2) is 73.1 Å². The number of aliphatic hydroxyl groups excluding tert-OH is 1. The number of allylic oxidation sites excluding steroid dienone is 2. The molecule has 4 nitrogen and oxygen atoms in total. The van der Waals surface area contributed by atoms with Crippen LogP contribution in [0, 0.1) is 5.92 Å². The Morgan fingerprint density at radius 3 is 1.96 bits per heavy atom. The van der Waals surface area contributed by atoms with Crippen molar-refractivity contribution in [1.29, 1.82) is 0 Å². The standard InChI is InChI=1S/C14H15NO.C4H6.C2H6N2.CH5P/c1-15-14-7-3-6-13(9-14)12-5-2-4-11(8-12)10-16;1-4-2-3-4;1-2(3)4;1-2/h2-9,15-16H,10H2,1H3;2-4H,1H3;1,3-4H2;2H2,1H3. The molecule has 3 rings (SSSR count). The largest absolute Gasteiger partial charge is 0.392 e. The molecule has 0 fully saturated rings. The fourth-order valence-electron chi connectivity index (χ4n) is 1.81. The average Bonchev–Trinajstić information content (AvgIpc) is 3.45. The maximum absolute atomic E-state index is 9.10. The van der Waals surface area contributed by atoms with E-state index in [1.807, 2.05) is 50.1 Å². The molecular formula is C21H32N3OP. The summed E-state index contributed by atoms with van der Waals surface area (Å²) in [6.07, 6.45) is 4.33. The summed E-state index contributed by atoms with van der Waals surface area (Å²) < 4.78 is 0. The normalized spacial score (nSPS) is 10.8. The molecule has 0 radical (unpaired) electrons. The maximum Gasteiger partial charge on any atom is 0.0859 e. The molecule has 2 aromatic rings. The summed E-state index contributed by atoms with van der Waals surface area (Å²) in [6.45, 7) is 7.28. The summed E-state index contributed by atoms with van der Waals surface area (Å²) in [7, 11) is 4.32. The van der Waals surface area contributed by atoms with Crippen LogP contribution < -0.4 is 16.8 Å². The van der Waals surface area contributed by atoms with Crippen LogP contribution in [0.1, 0.15) is 12.5 Å². The van der Waals surface area contributed by atoms with Gasteiger partial charge in [0.15, 0.2) is 0 Å². The van der Waals surface area contributed by atoms with Gasteiger partial charge in [0.05, 0.1) is 12.4 Å². The van der Waals surface area contributed by atoms with Crippen molar-refractivity contribution in [3.8, 4) is 11.1 Å². The van der Waals surface area contributed by atoms with Crippen LogP contribution >= 0.6 is 9.24 Å². The summed E-state index contributed by atoms with van der Waals surface area (Å²) in [4.78, 5) is 0. The van der Waals surface area contributed by atoms with Crippen molar-refractivity contribution in [3.63, 3.8) is 0 Å². The van der Waals surface area contributed by atoms with Crippen molar-refractivity contribution in [3.05, 3.63) is 78.6 Å². The number of anilines is 1. The van der Waals surface area contributed by atoms with Gasteiger partial charge in [0, 0.05) is 12.7 Å². The van der Waals surface area contributed by atoms with Crippen LogP contribution in [0.4, 0.5) is 5.69 Å². The van der Waals surface area contributed by atoms with Gasteiger partial charge in [0.1, 0.15) is 0 Å². The summed E-state index contributed by atoms with van der Waals surface area (Å²) >= 11 is 0. The topological polar surface area (TPSA) is 84.3 Å². The Morgan fingerprint density at radius 2 is 1.54 bits per heavy atom. The zero-order chi connectivity index (χ0) is 19.9. The SMILES string of the molecule is C=C(N)N.CC1C=C1.CNc1cccc(-c2cccc(CO)c2)c1.CP. The molecule has 0 aliphatic heterocycles. The molecular weight excluding hydrogens is 341 g/mol. The first-order valence-electron chi connectivity index (χ1n) is 8.40. The third-order valence-corrected chi connectivity index (χ3v) is 3.17. The van der Waals surface area contributed by atoms with Gasteiger partial charge in [-0.25, -0.2) is 0 Å². The van der Waals surface area contributed by atoms with Crippen molar-refractivity contribution in [2.24, 2.45) is 17.4 Å². The zero-order valence-corrected chi connectivity index (χ0v) is 17.1. The molecule has 5 heteroatoms. The molecule has 1 unspecified atom stereocenters. The van der Waals surface area contributed by atoms with Crippen LogP contribution in [-0.4, -0.2) is 18.8 Å². The molecule has 0 amide bonds. The fraction of sp³-hybridized carbons (Fsp3) is 0.238. The predicted molar refractivity (Wildman–Crippen MR) is 119 cm³/mol. The van der Waals surface area contributed by atoms with Crippen LogP contribution in [0.25, 0.3) is 11.1 Å². The van der Waals surface area contributed by atoms with Crippen molar-refractivity contribution in [2.45, 2.75) is 13.5 Å². The lowest BCUT2D eigenvalue weighted by Crippen LogP contribution is -2.04. The average molecular weight is 373 g/mol. The van der Waals surface area contributed by atoms with E-state index in [1.54, 1.807) is 0 Å². The van der Waals surface area contributed by atoms with E-state index in [-0.39, 0.29) is 12.4 Å². The molecule has 0 saturated carbocycles. The van der Waals surface area contributed by atoms with Gasteiger partial charge in [-0.3, -0.25) is 0 Å². The molecule has 1 atom stereocenters. The number of nitrogens with one attached hydrogen (secondary N) is 1. The maximum atomic E-state index is 9.10. The van der Waals surface area contributed by atoms with E-state index in [0.29, 0.717) is 0 Å². The second-order valence-electron chi connectivity index (χ2n) is 5.51. The highest BCUT2D eigenvalue weighted by Crippen LogP contribution is 2.23. The van der Waals surface area contributed by atoms with E-state index in [0.717, 1.165) is 28.3 Å². The third-order valence-electron chi connectivity index (χ3n) is 3.17. The highest BCUT2D eigenvalue weighted by Gasteiger charge is 1.99. The van der Waals surface area contributed by atoms with E-state index in [2.05, 4.69) is 52.3 Å². The molecule has 6 N–H and O–H groups in total. The Morgan fingerprint density at radius 1 is 1.08 bits per heavy atom. The predicted octanol–water partition coefficient (Wildman–Crippen LogP) is 3.95. The Labute approximate surface area is 160 Å². The Balaban J connectivity index is 0.000000515. The number of nitrogens with two attached hydrogens (primary N) is 2. The fourth-order valence-corrected chi connectivity index (χ4v) is 1.81.